The SMILES string of the molecule is NS(=O)(=O)Nc1cnc(-c2ccccc2)nc1. The first-order chi connectivity index (χ1) is 8.04. The number of nitrogens with two attached hydrogens (primary N) is 1. The predicted octanol–water partition coefficient (Wildman–Crippen LogP) is 0.759. The van der Waals surface area contributed by atoms with E-state index in [1.165, 1.54) is 12.4 Å². The van der Waals surface area contributed by atoms with Gasteiger partial charge in [0.2, 0.25) is 0 Å². The first-order valence-corrected chi connectivity index (χ1v) is 6.27. The normalized spacial score (nSPS) is 11.1. The molecule has 7 heteroatoms. The van der Waals surface area contributed by atoms with E-state index in [-0.39, 0.29) is 5.69 Å². The Labute approximate surface area is 98.7 Å². The second-order valence-corrected chi connectivity index (χ2v) is 4.60. The van der Waals surface area contributed by atoms with E-state index in [2.05, 4.69) is 14.7 Å². The molecule has 2 rings (SSSR count). The van der Waals surface area contributed by atoms with Gasteiger partial charge in [-0.15, -0.1) is 0 Å². The van der Waals surface area contributed by atoms with Gasteiger partial charge in [0, 0.05) is 5.56 Å². The van der Waals surface area contributed by atoms with Crippen molar-refractivity contribution in [2.75, 3.05) is 4.72 Å². The van der Waals surface area contributed by atoms with Crippen molar-refractivity contribution in [1.82, 2.24) is 9.97 Å². The monoisotopic (exact) mass is 250 g/mol. The summed E-state index contributed by atoms with van der Waals surface area (Å²) in [6.07, 6.45) is 2.72. The maximum absolute atomic E-state index is 10.8. The van der Waals surface area contributed by atoms with E-state index in [0.29, 0.717) is 5.82 Å². The first-order valence-electron chi connectivity index (χ1n) is 4.72. The molecule has 0 fully saturated rings. The molecule has 3 N–H and O–H groups in total. The van der Waals surface area contributed by atoms with Gasteiger partial charge >= 0.3 is 0 Å². The van der Waals surface area contributed by atoms with Gasteiger partial charge < -0.3 is 0 Å². The molecule has 0 unspecified atom stereocenters. The van der Waals surface area contributed by atoms with E-state index in [1.54, 1.807) is 0 Å². The molecule has 1 heterocycles. The van der Waals surface area contributed by atoms with Crippen molar-refractivity contribution >= 4 is 15.9 Å². The quantitative estimate of drug-likeness (QED) is 0.840. The maximum atomic E-state index is 10.8. The number of hydrogen-bond donors (Lipinski definition) is 2. The number of nitrogens with zero attached hydrogens (tertiary/aromatic N) is 2. The molecule has 0 spiro atoms. The molecule has 17 heavy (non-hydrogen) atoms. The Morgan fingerprint density at radius 3 is 2.18 bits per heavy atom. The molecule has 0 amide bonds. The van der Waals surface area contributed by atoms with Crippen LogP contribution in [0.25, 0.3) is 11.4 Å². The van der Waals surface area contributed by atoms with E-state index in [9.17, 15) is 8.42 Å². The zero-order valence-electron chi connectivity index (χ0n) is 8.74. The van der Waals surface area contributed by atoms with Crippen LogP contribution in [-0.4, -0.2) is 18.4 Å². The molecule has 0 atom stereocenters. The molecule has 1 aromatic carbocycles. The van der Waals surface area contributed by atoms with Crippen LogP contribution in [0, 0.1) is 0 Å². The van der Waals surface area contributed by atoms with Crippen LogP contribution in [0.4, 0.5) is 5.69 Å². The van der Waals surface area contributed by atoms with Crippen LogP contribution in [0.15, 0.2) is 42.7 Å². The van der Waals surface area contributed by atoms with Crippen molar-refractivity contribution in [2.24, 2.45) is 5.14 Å². The van der Waals surface area contributed by atoms with Crippen molar-refractivity contribution in [3.8, 4) is 11.4 Å². The van der Waals surface area contributed by atoms with Crippen molar-refractivity contribution in [3.63, 3.8) is 0 Å². The van der Waals surface area contributed by atoms with E-state index in [1.807, 2.05) is 30.3 Å². The highest BCUT2D eigenvalue weighted by Crippen LogP contribution is 2.14. The lowest BCUT2D eigenvalue weighted by atomic mass is 10.2. The Kier molecular flexibility index (Phi) is 3.03. The standard InChI is InChI=1S/C10H10N4O2S/c11-17(15,16)14-9-6-12-10(13-7-9)8-4-2-1-3-5-8/h1-7,14H,(H2,11,15,16). The fourth-order valence-electron chi connectivity index (χ4n) is 1.28. The van der Waals surface area contributed by atoms with Crippen LogP contribution in [0.5, 0.6) is 0 Å². The Hall–Kier alpha value is -1.99. The first kappa shape index (κ1) is 11.5. The predicted molar refractivity (Wildman–Crippen MR) is 64.2 cm³/mol. The second-order valence-electron chi connectivity index (χ2n) is 3.31. The third kappa shape index (κ3) is 3.23. The topological polar surface area (TPSA) is 98.0 Å². The molecule has 2 aromatic rings. The summed E-state index contributed by atoms with van der Waals surface area (Å²) in [5, 5.41) is 4.82. The zero-order chi connectivity index (χ0) is 12.3. The van der Waals surface area contributed by atoms with Crippen molar-refractivity contribution in [2.45, 2.75) is 0 Å². The zero-order valence-corrected chi connectivity index (χ0v) is 9.55. The van der Waals surface area contributed by atoms with Gasteiger partial charge in [-0.3, -0.25) is 4.72 Å². The number of benzene rings is 1. The largest absolute Gasteiger partial charge is 0.296 e. The molecular weight excluding hydrogens is 240 g/mol. The Morgan fingerprint density at radius 2 is 1.65 bits per heavy atom. The Balaban J connectivity index is 2.25. The summed E-state index contributed by atoms with van der Waals surface area (Å²) < 4.78 is 23.6. The van der Waals surface area contributed by atoms with Crippen LogP contribution in [0.3, 0.4) is 0 Å². The highest BCUT2D eigenvalue weighted by Gasteiger charge is 2.04. The van der Waals surface area contributed by atoms with Crippen molar-refractivity contribution in [1.29, 1.82) is 0 Å². The van der Waals surface area contributed by atoms with Gasteiger partial charge in [0.25, 0.3) is 10.2 Å². The number of nitrogens with one attached hydrogen (secondary N) is 1. The molecule has 88 valence electrons. The van der Waals surface area contributed by atoms with Crippen molar-refractivity contribution < 1.29 is 8.42 Å². The van der Waals surface area contributed by atoms with Gasteiger partial charge in [0.15, 0.2) is 5.82 Å². The van der Waals surface area contributed by atoms with Crippen LogP contribution in [0.2, 0.25) is 0 Å². The lowest BCUT2D eigenvalue weighted by molar-refractivity contribution is 0.603. The highest BCUT2D eigenvalue weighted by atomic mass is 32.2. The van der Waals surface area contributed by atoms with Gasteiger partial charge in [-0.2, -0.15) is 8.42 Å². The van der Waals surface area contributed by atoms with E-state index in [4.69, 9.17) is 5.14 Å². The molecule has 0 bridgehead atoms. The molecule has 1 aromatic heterocycles. The van der Waals surface area contributed by atoms with Gasteiger partial charge in [-0.05, 0) is 0 Å². The number of anilines is 1. The summed E-state index contributed by atoms with van der Waals surface area (Å²) in [5.74, 6) is 0.519. The van der Waals surface area contributed by atoms with E-state index < -0.39 is 10.2 Å². The summed E-state index contributed by atoms with van der Waals surface area (Å²) in [5.41, 5.74) is 1.09. The smallest absolute Gasteiger partial charge is 0.268 e. The molecule has 0 aliphatic heterocycles. The van der Waals surface area contributed by atoms with Gasteiger partial charge in [-0.25, -0.2) is 15.1 Å². The number of hydrogen-bond acceptors (Lipinski definition) is 4. The van der Waals surface area contributed by atoms with Gasteiger partial charge in [0.05, 0.1) is 18.1 Å². The lowest BCUT2D eigenvalue weighted by Crippen LogP contribution is -2.21. The minimum atomic E-state index is -3.78. The minimum Gasteiger partial charge on any atom is -0.268 e. The lowest BCUT2D eigenvalue weighted by Gasteiger charge is -2.03. The van der Waals surface area contributed by atoms with Crippen molar-refractivity contribution in [3.05, 3.63) is 42.7 Å². The molecule has 0 aliphatic rings. The summed E-state index contributed by atoms with van der Waals surface area (Å²) in [6.45, 7) is 0. The summed E-state index contributed by atoms with van der Waals surface area (Å²) in [6, 6.07) is 9.36. The van der Waals surface area contributed by atoms with Gasteiger partial charge in [0.1, 0.15) is 0 Å². The maximum Gasteiger partial charge on any atom is 0.296 e. The molecule has 0 saturated heterocycles. The molecule has 0 aliphatic carbocycles. The Bertz CT molecular complexity index is 596. The van der Waals surface area contributed by atoms with Crippen LogP contribution < -0.4 is 9.86 Å². The molecule has 0 radical (unpaired) electrons. The summed E-state index contributed by atoms with van der Waals surface area (Å²) in [7, 11) is -3.78. The average Bonchev–Trinajstić information content (AvgIpc) is 2.29. The number of aromatic nitrogens is 2. The van der Waals surface area contributed by atoms with Crippen LogP contribution in [-0.2, 0) is 10.2 Å². The molecule has 0 saturated carbocycles. The molecule has 6 nitrogen and oxygen atoms in total. The van der Waals surface area contributed by atoms with E-state index >= 15 is 0 Å². The summed E-state index contributed by atoms with van der Waals surface area (Å²) >= 11 is 0. The van der Waals surface area contributed by atoms with Crippen LogP contribution in [0.1, 0.15) is 0 Å². The van der Waals surface area contributed by atoms with E-state index in [0.717, 1.165) is 5.56 Å². The number of rotatable bonds is 3. The third-order valence-corrected chi connectivity index (χ3v) is 2.46. The summed E-state index contributed by atoms with van der Waals surface area (Å²) in [4.78, 5) is 8.08. The Morgan fingerprint density at radius 1 is 1.06 bits per heavy atom. The minimum absolute atomic E-state index is 0.229. The van der Waals surface area contributed by atoms with Crippen LogP contribution >= 0.6 is 0 Å². The molecular formula is C10H10N4O2S. The average molecular weight is 250 g/mol. The highest BCUT2D eigenvalue weighted by molar-refractivity contribution is 7.90. The second kappa shape index (κ2) is 4.48. The fourth-order valence-corrected chi connectivity index (χ4v) is 1.72. The van der Waals surface area contributed by atoms with Gasteiger partial charge in [-0.1, -0.05) is 30.3 Å². The third-order valence-electron chi connectivity index (χ3n) is 1.94. The fraction of sp³-hybridized carbons (Fsp3) is 0.